The van der Waals surface area contributed by atoms with Crippen molar-refractivity contribution in [2.75, 3.05) is 20.6 Å². The predicted molar refractivity (Wildman–Crippen MR) is 72.7 cm³/mol. The summed E-state index contributed by atoms with van der Waals surface area (Å²) < 4.78 is 1.19. The van der Waals surface area contributed by atoms with Crippen molar-refractivity contribution < 1.29 is 0 Å². The first-order chi connectivity index (χ1) is 7.66. The standard InChI is InChI=1S/C14H16BrN/c1-16(2)10-11-7-8-12(9-11)13-5-3-4-6-14(13)15/h3-9,12H,10H2,1-2H3. The molecule has 0 N–H and O–H groups in total. The fourth-order valence-corrected chi connectivity index (χ4v) is 2.53. The summed E-state index contributed by atoms with van der Waals surface area (Å²) in [6, 6.07) is 8.41. The van der Waals surface area contributed by atoms with Crippen molar-refractivity contribution in [1.29, 1.82) is 0 Å². The van der Waals surface area contributed by atoms with Gasteiger partial charge in [0.25, 0.3) is 0 Å². The van der Waals surface area contributed by atoms with Crippen LogP contribution < -0.4 is 0 Å². The number of hydrogen-bond acceptors (Lipinski definition) is 1. The number of allylic oxidation sites excluding steroid dienone is 2. The van der Waals surface area contributed by atoms with Crippen LogP contribution in [0.3, 0.4) is 0 Å². The minimum atomic E-state index is 0.422. The summed E-state index contributed by atoms with van der Waals surface area (Å²) in [6.45, 7) is 1.01. The van der Waals surface area contributed by atoms with Gasteiger partial charge in [0.05, 0.1) is 0 Å². The number of halogens is 1. The van der Waals surface area contributed by atoms with E-state index in [9.17, 15) is 0 Å². The molecule has 0 heterocycles. The summed E-state index contributed by atoms with van der Waals surface area (Å²) >= 11 is 3.60. The fraction of sp³-hybridized carbons (Fsp3) is 0.286. The van der Waals surface area contributed by atoms with E-state index < -0.39 is 0 Å². The lowest BCUT2D eigenvalue weighted by atomic mass is 10.0. The van der Waals surface area contributed by atoms with Gasteiger partial charge in [-0.2, -0.15) is 0 Å². The van der Waals surface area contributed by atoms with Crippen molar-refractivity contribution >= 4 is 15.9 Å². The fourth-order valence-electron chi connectivity index (χ4n) is 1.98. The molecule has 16 heavy (non-hydrogen) atoms. The molecule has 0 spiro atoms. The van der Waals surface area contributed by atoms with Crippen LogP contribution in [0.1, 0.15) is 11.5 Å². The molecular weight excluding hydrogens is 262 g/mol. The number of benzene rings is 1. The number of hydrogen-bond donors (Lipinski definition) is 0. The quantitative estimate of drug-likeness (QED) is 0.816. The van der Waals surface area contributed by atoms with Crippen LogP contribution in [0.2, 0.25) is 0 Å². The minimum absolute atomic E-state index is 0.422. The summed E-state index contributed by atoms with van der Waals surface area (Å²) in [5.74, 6) is 0.422. The van der Waals surface area contributed by atoms with Crippen molar-refractivity contribution in [3.05, 3.63) is 58.1 Å². The van der Waals surface area contributed by atoms with Gasteiger partial charge >= 0.3 is 0 Å². The summed E-state index contributed by atoms with van der Waals surface area (Å²) in [6.07, 6.45) is 6.82. The van der Waals surface area contributed by atoms with Crippen molar-refractivity contribution in [3.63, 3.8) is 0 Å². The highest BCUT2D eigenvalue weighted by atomic mass is 79.9. The van der Waals surface area contributed by atoms with Gasteiger partial charge in [-0.3, -0.25) is 0 Å². The second-order valence-electron chi connectivity index (χ2n) is 4.39. The molecule has 1 aliphatic rings. The first-order valence-corrected chi connectivity index (χ1v) is 6.24. The molecule has 0 saturated heterocycles. The Kier molecular flexibility index (Phi) is 3.62. The molecule has 0 amide bonds. The third-order valence-corrected chi connectivity index (χ3v) is 3.40. The van der Waals surface area contributed by atoms with E-state index in [0.717, 1.165) is 6.54 Å². The third-order valence-electron chi connectivity index (χ3n) is 2.67. The number of rotatable bonds is 3. The summed E-state index contributed by atoms with van der Waals surface area (Å²) in [5.41, 5.74) is 2.73. The zero-order valence-corrected chi connectivity index (χ0v) is 11.2. The second kappa shape index (κ2) is 4.98. The molecule has 1 aromatic rings. The Morgan fingerprint density at radius 1 is 1.25 bits per heavy atom. The van der Waals surface area contributed by atoms with Crippen molar-refractivity contribution in [2.24, 2.45) is 0 Å². The number of likely N-dealkylation sites (N-methyl/N-ethyl adjacent to an activating group) is 1. The zero-order chi connectivity index (χ0) is 11.5. The predicted octanol–water partition coefficient (Wildman–Crippen LogP) is 3.59. The Labute approximate surface area is 106 Å². The Morgan fingerprint density at radius 2 is 2.00 bits per heavy atom. The van der Waals surface area contributed by atoms with Crippen LogP contribution in [0.5, 0.6) is 0 Å². The maximum Gasteiger partial charge on any atom is 0.0224 e. The van der Waals surface area contributed by atoms with Crippen LogP contribution in [0, 0.1) is 0 Å². The number of nitrogens with zero attached hydrogens (tertiary/aromatic N) is 1. The van der Waals surface area contributed by atoms with Gasteiger partial charge in [0.1, 0.15) is 0 Å². The normalized spacial score (nSPS) is 19.2. The van der Waals surface area contributed by atoms with Gasteiger partial charge in [-0.05, 0) is 31.3 Å². The molecule has 1 aliphatic carbocycles. The molecule has 0 saturated carbocycles. The first kappa shape index (κ1) is 11.6. The highest BCUT2D eigenvalue weighted by Gasteiger charge is 2.13. The smallest absolute Gasteiger partial charge is 0.0224 e. The Bertz CT molecular complexity index is 432. The average molecular weight is 278 g/mol. The Balaban J connectivity index is 2.18. The second-order valence-corrected chi connectivity index (χ2v) is 5.24. The Morgan fingerprint density at radius 3 is 2.69 bits per heavy atom. The van der Waals surface area contributed by atoms with Gasteiger partial charge in [-0.25, -0.2) is 0 Å². The molecule has 1 unspecified atom stereocenters. The van der Waals surface area contributed by atoms with E-state index in [2.05, 4.69) is 77.4 Å². The maximum absolute atomic E-state index is 3.60. The molecule has 0 aromatic heterocycles. The van der Waals surface area contributed by atoms with E-state index in [-0.39, 0.29) is 0 Å². The monoisotopic (exact) mass is 277 g/mol. The molecule has 0 aliphatic heterocycles. The SMILES string of the molecule is CN(C)CC1=CC(c2ccccc2Br)C=C1. The van der Waals surface area contributed by atoms with Crippen molar-refractivity contribution in [3.8, 4) is 0 Å². The molecule has 0 bridgehead atoms. The van der Waals surface area contributed by atoms with Crippen LogP contribution >= 0.6 is 15.9 Å². The average Bonchev–Trinajstić information content (AvgIpc) is 2.66. The molecule has 0 radical (unpaired) electrons. The van der Waals surface area contributed by atoms with Crippen molar-refractivity contribution in [1.82, 2.24) is 4.90 Å². The summed E-state index contributed by atoms with van der Waals surface area (Å²) in [4.78, 5) is 2.19. The van der Waals surface area contributed by atoms with Crippen molar-refractivity contribution in [2.45, 2.75) is 5.92 Å². The molecule has 2 heteroatoms. The van der Waals surface area contributed by atoms with E-state index in [1.807, 2.05) is 0 Å². The highest BCUT2D eigenvalue weighted by Crippen LogP contribution is 2.31. The minimum Gasteiger partial charge on any atom is -0.305 e. The maximum atomic E-state index is 3.60. The van der Waals surface area contributed by atoms with Gasteiger partial charge in [0.15, 0.2) is 0 Å². The molecule has 84 valence electrons. The molecule has 1 nitrogen and oxygen atoms in total. The summed E-state index contributed by atoms with van der Waals surface area (Å²) in [7, 11) is 4.20. The van der Waals surface area contributed by atoms with Gasteiger partial charge in [0.2, 0.25) is 0 Å². The lowest BCUT2D eigenvalue weighted by Crippen LogP contribution is -2.13. The zero-order valence-electron chi connectivity index (χ0n) is 9.65. The lowest BCUT2D eigenvalue weighted by Gasteiger charge is -2.10. The van der Waals surface area contributed by atoms with E-state index >= 15 is 0 Å². The van der Waals surface area contributed by atoms with E-state index in [0.29, 0.717) is 5.92 Å². The molecular formula is C14H16BrN. The van der Waals surface area contributed by atoms with Gasteiger partial charge in [-0.1, -0.05) is 52.4 Å². The van der Waals surface area contributed by atoms with Gasteiger partial charge in [0, 0.05) is 16.9 Å². The first-order valence-electron chi connectivity index (χ1n) is 5.45. The topological polar surface area (TPSA) is 3.24 Å². The molecule has 1 atom stereocenters. The molecule has 0 fully saturated rings. The van der Waals surface area contributed by atoms with Gasteiger partial charge < -0.3 is 4.90 Å². The summed E-state index contributed by atoms with van der Waals surface area (Å²) in [5, 5.41) is 0. The Hall–Kier alpha value is -0.860. The van der Waals surface area contributed by atoms with E-state index in [1.165, 1.54) is 15.6 Å². The van der Waals surface area contributed by atoms with Crippen LogP contribution in [0.15, 0.2) is 52.5 Å². The molecule has 1 aromatic carbocycles. The van der Waals surface area contributed by atoms with E-state index in [1.54, 1.807) is 0 Å². The lowest BCUT2D eigenvalue weighted by molar-refractivity contribution is 0.449. The molecule has 2 rings (SSSR count). The van der Waals surface area contributed by atoms with Crippen LogP contribution in [0.4, 0.5) is 0 Å². The third kappa shape index (κ3) is 2.63. The van der Waals surface area contributed by atoms with Crippen LogP contribution in [-0.2, 0) is 0 Å². The van der Waals surface area contributed by atoms with Gasteiger partial charge in [-0.15, -0.1) is 0 Å². The highest BCUT2D eigenvalue weighted by molar-refractivity contribution is 9.10. The largest absolute Gasteiger partial charge is 0.305 e. The van der Waals surface area contributed by atoms with E-state index in [4.69, 9.17) is 0 Å². The van der Waals surface area contributed by atoms with Crippen LogP contribution in [0.25, 0.3) is 0 Å². The van der Waals surface area contributed by atoms with Crippen LogP contribution in [-0.4, -0.2) is 25.5 Å².